The minimum absolute atomic E-state index is 0.112. The molecule has 0 aromatic heterocycles. The summed E-state index contributed by atoms with van der Waals surface area (Å²) in [5.74, 6) is 0.171. The van der Waals surface area contributed by atoms with Gasteiger partial charge in [0.15, 0.2) is 5.78 Å². The smallest absolute Gasteiger partial charge is 0.180 e. The fourth-order valence-electron chi connectivity index (χ4n) is 1.78. The van der Waals surface area contributed by atoms with E-state index in [-0.39, 0.29) is 11.0 Å². The summed E-state index contributed by atoms with van der Waals surface area (Å²) in [5.41, 5.74) is 1.84. The Labute approximate surface area is 106 Å². The van der Waals surface area contributed by atoms with E-state index in [1.165, 1.54) is 0 Å². The van der Waals surface area contributed by atoms with Crippen molar-refractivity contribution in [1.29, 1.82) is 0 Å². The third-order valence-electron chi connectivity index (χ3n) is 2.63. The molecule has 0 aliphatic carbocycles. The topological polar surface area (TPSA) is 17.1 Å². The van der Waals surface area contributed by atoms with Crippen molar-refractivity contribution in [1.82, 2.24) is 0 Å². The Hall–Kier alpha value is -1.54. The summed E-state index contributed by atoms with van der Waals surface area (Å²) in [6, 6.07) is 19.4. The zero-order valence-electron chi connectivity index (χ0n) is 9.67. The fraction of sp³-hybridized carbons (Fsp3) is 0.133. The van der Waals surface area contributed by atoms with Crippen LogP contribution in [0.15, 0.2) is 60.7 Å². The number of thioether (sulfide) groups is 1. The third-order valence-corrected chi connectivity index (χ3v) is 3.59. The Bertz CT molecular complexity index is 479. The van der Waals surface area contributed by atoms with Crippen molar-refractivity contribution in [3.63, 3.8) is 0 Å². The van der Waals surface area contributed by atoms with E-state index in [0.717, 1.165) is 11.1 Å². The maximum Gasteiger partial charge on any atom is 0.180 e. The average Bonchev–Trinajstić information content (AvgIpc) is 2.42. The van der Waals surface area contributed by atoms with Crippen LogP contribution in [-0.4, -0.2) is 12.0 Å². The second-order valence-corrected chi connectivity index (χ2v) is 4.70. The molecule has 0 heterocycles. The molecule has 2 rings (SSSR count). The van der Waals surface area contributed by atoms with Gasteiger partial charge in [0.2, 0.25) is 0 Å². The Morgan fingerprint density at radius 2 is 1.47 bits per heavy atom. The molecule has 0 spiro atoms. The molecule has 86 valence electrons. The van der Waals surface area contributed by atoms with Gasteiger partial charge < -0.3 is 0 Å². The van der Waals surface area contributed by atoms with E-state index in [0.29, 0.717) is 0 Å². The molecule has 0 aliphatic rings. The molecular formula is C15H14OS. The highest BCUT2D eigenvalue weighted by Gasteiger charge is 2.20. The van der Waals surface area contributed by atoms with Crippen molar-refractivity contribution in [2.24, 2.45) is 0 Å². The molecule has 0 aliphatic heterocycles. The van der Waals surface area contributed by atoms with E-state index in [9.17, 15) is 4.79 Å². The van der Waals surface area contributed by atoms with Gasteiger partial charge in [-0.25, -0.2) is 0 Å². The molecule has 1 nitrogen and oxygen atoms in total. The molecule has 0 unspecified atom stereocenters. The van der Waals surface area contributed by atoms with Crippen LogP contribution in [0.3, 0.4) is 0 Å². The number of hydrogen-bond donors (Lipinski definition) is 0. The second-order valence-electron chi connectivity index (χ2n) is 3.76. The zero-order chi connectivity index (χ0) is 12.1. The first-order chi connectivity index (χ1) is 8.33. The molecule has 0 bridgehead atoms. The highest BCUT2D eigenvalue weighted by Crippen LogP contribution is 2.30. The molecule has 2 heteroatoms. The molecule has 0 amide bonds. The Morgan fingerprint density at radius 1 is 0.941 bits per heavy atom. The van der Waals surface area contributed by atoms with Crippen LogP contribution in [0.5, 0.6) is 0 Å². The van der Waals surface area contributed by atoms with Crippen molar-refractivity contribution in [2.45, 2.75) is 5.25 Å². The van der Waals surface area contributed by atoms with Gasteiger partial charge in [-0.05, 0) is 11.8 Å². The lowest BCUT2D eigenvalue weighted by Gasteiger charge is -2.13. The quantitative estimate of drug-likeness (QED) is 0.754. The summed E-state index contributed by atoms with van der Waals surface area (Å²) in [7, 11) is 0. The average molecular weight is 242 g/mol. The standard InChI is InChI=1S/C15H14OS/c1-17-15(13-10-6-3-7-11-13)14(16)12-8-4-2-5-9-12/h2-11,15H,1H3/t15-/m1/s1. The first-order valence-electron chi connectivity index (χ1n) is 5.50. The summed E-state index contributed by atoms with van der Waals surface area (Å²) in [6.45, 7) is 0. The predicted octanol–water partition coefficient (Wildman–Crippen LogP) is 3.97. The summed E-state index contributed by atoms with van der Waals surface area (Å²) in [4.78, 5) is 12.4. The lowest BCUT2D eigenvalue weighted by molar-refractivity contribution is 0.0989. The van der Waals surface area contributed by atoms with Crippen LogP contribution in [-0.2, 0) is 0 Å². The molecule has 0 fully saturated rings. The van der Waals surface area contributed by atoms with Crippen LogP contribution >= 0.6 is 11.8 Å². The van der Waals surface area contributed by atoms with Gasteiger partial charge in [-0.3, -0.25) is 4.79 Å². The molecule has 0 radical (unpaired) electrons. The second kappa shape index (κ2) is 5.69. The van der Waals surface area contributed by atoms with Gasteiger partial charge >= 0.3 is 0 Å². The Balaban J connectivity index is 2.29. The van der Waals surface area contributed by atoms with E-state index < -0.39 is 0 Å². The van der Waals surface area contributed by atoms with Crippen LogP contribution in [0, 0.1) is 0 Å². The van der Waals surface area contributed by atoms with E-state index in [4.69, 9.17) is 0 Å². The third kappa shape index (κ3) is 2.77. The largest absolute Gasteiger partial charge is 0.293 e. The Morgan fingerprint density at radius 3 is 2.00 bits per heavy atom. The number of benzene rings is 2. The maximum atomic E-state index is 12.4. The predicted molar refractivity (Wildman–Crippen MR) is 73.5 cm³/mol. The van der Waals surface area contributed by atoms with Gasteiger partial charge in [0.05, 0.1) is 5.25 Å². The van der Waals surface area contributed by atoms with E-state index in [1.807, 2.05) is 66.9 Å². The molecule has 17 heavy (non-hydrogen) atoms. The number of Topliss-reactive ketones (excluding diaryl/α,β-unsaturated/α-hetero) is 1. The van der Waals surface area contributed by atoms with Gasteiger partial charge in [0, 0.05) is 5.56 Å². The number of carbonyl (C=O) groups is 1. The number of rotatable bonds is 4. The summed E-state index contributed by atoms with van der Waals surface area (Å²) >= 11 is 1.58. The van der Waals surface area contributed by atoms with E-state index >= 15 is 0 Å². The van der Waals surface area contributed by atoms with Crippen molar-refractivity contribution >= 4 is 17.5 Å². The zero-order valence-corrected chi connectivity index (χ0v) is 10.5. The molecule has 1 atom stereocenters. The molecular weight excluding hydrogens is 228 g/mol. The van der Waals surface area contributed by atoms with Crippen LogP contribution in [0.2, 0.25) is 0 Å². The Kier molecular flexibility index (Phi) is 3.99. The van der Waals surface area contributed by atoms with Gasteiger partial charge in [-0.15, -0.1) is 11.8 Å². The van der Waals surface area contributed by atoms with E-state index in [2.05, 4.69) is 0 Å². The maximum absolute atomic E-state index is 12.4. The van der Waals surface area contributed by atoms with Crippen molar-refractivity contribution in [3.8, 4) is 0 Å². The first-order valence-corrected chi connectivity index (χ1v) is 6.78. The van der Waals surface area contributed by atoms with Gasteiger partial charge in [-0.2, -0.15) is 0 Å². The summed E-state index contributed by atoms with van der Waals surface area (Å²) in [5, 5.41) is -0.112. The minimum atomic E-state index is -0.112. The monoisotopic (exact) mass is 242 g/mol. The number of hydrogen-bond acceptors (Lipinski definition) is 2. The normalized spacial score (nSPS) is 12.1. The van der Waals surface area contributed by atoms with Crippen LogP contribution in [0.4, 0.5) is 0 Å². The number of carbonyl (C=O) groups excluding carboxylic acids is 1. The SMILES string of the molecule is CS[C@@H](C(=O)c1ccccc1)c1ccccc1. The molecule has 2 aromatic carbocycles. The highest BCUT2D eigenvalue weighted by molar-refractivity contribution is 7.99. The van der Waals surface area contributed by atoms with Gasteiger partial charge in [0.25, 0.3) is 0 Å². The first kappa shape index (κ1) is 11.9. The molecule has 0 N–H and O–H groups in total. The molecule has 0 saturated carbocycles. The molecule has 2 aromatic rings. The van der Waals surface area contributed by atoms with Crippen LogP contribution in [0.1, 0.15) is 21.2 Å². The van der Waals surface area contributed by atoms with Gasteiger partial charge in [0.1, 0.15) is 0 Å². The number of ketones is 1. The van der Waals surface area contributed by atoms with Gasteiger partial charge in [-0.1, -0.05) is 60.7 Å². The lowest BCUT2D eigenvalue weighted by atomic mass is 10.0. The molecule has 0 saturated heterocycles. The van der Waals surface area contributed by atoms with Crippen LogP contribution in [0.25, 0.3) is 0 Å². The van der Waals surface area contributed by atoms with Crippen molar-refractivity contribution in [2.75, 3.05) is 6.26 Å². The minimum Gasteiger partial charge on any atom is -0.293 e. The fourth-order valence-corrected chi connectivity index (χ4v) is 2.56. The van der Waals surface area contributed by atoms with Crippen LogP contribution < -0.4 is 0 Å². The van der Waals surface area contributed by atoms with E-state index in [1.54, 1.807) is 11.8 Å². The van der Waals surface area contributed by atoms with Crippen molar-refractivity contribution in [3.05, 3.63) is 71.8 Å². The summed E-state index contributed by atoms with van der Waals surface area (Å²) in [6.07, 6.45) is 1.97. The summed E-state index contributed by atoms with van der Waals surface area (Å²) < 4.78 is 0. The van der Waals surface area contributed by atoms with Crippen molar-refractivity contribution < 1.29 is 4.79 Å². The lowest BCUT2D eigenvalue weighted by Crippen LogP contribution is -2.09. The highest BCUT2D eigenvalue weighted by atomic mass is 32.2.